The molecule has 0 saturated heterocycles. The fourth-order valence-corrected chi connectivity index (χ4v) is 2.75. The van der Waals surface area contributed by atoms with E-state index in [1.54, 1.807) is 13.0 Å². The number of carbonyl (C=O) groups is 1. The molecule has 0 spiro atoms. The first-order valence-electron chi connectivity index (χ1n) is 7.94. The molecule has 1 aliphatic rings. The van der Waals surface area contributed by atoms with Gasteiger partial charge in [-0.25, -0.2) is 4.79 Å². The first kappa shape index (κ1) is 15.4. The second-order valence-corrected chi connectivity index (χ2v) is 6.04. The Kier molecular flexibility index (Phi) is 3.76. The Morgan fingerprint density at radius 1 is 1.24 bits per heavy atom. The number of fused-ring (bicyclic) bond motifs is 1. The van der Waals surface area contributed by atoms with Crippen LogP contribution in [0.4, 0.5) is 0 Å². The van der Waals surface area contributed by atoms with Crippen molar-refractivity contribution in [2.24, 2.45) is 0 Å². The molecule has 25 heavy (non-hydrogen) atoms. The summed E-state index contributed by atoms with van der Waals surface area (Å²) in [6.07, 6.45) is 1.10. The summed E-state index contributed by atoms with van der Waals surface area (Å²) in [6.45, 7) is 3.73. The molecule has 4 rings (SSSR count). The summed E-state index contributed by atoms with van der Waals surface area (Å²) in [5.41, 5.74) is 2.70. The summed E-state index contributed by atoms with van der Waals surface area (Å²) in [7, 11) is 0. The van der Waals surface area contributed by atoms with Crippen LogP contribution in [0.1, 0.15) is 34.4 Å². The largest absolute Gasteiger partial charge is 0.490 e. The summed E-state index contributed by atoms with van der Waals surface area (Å²) in [5.74, 6) is 1.44. The lowest BCUT2D eigenvalue weighted by molar-refractivity contribution is 0.0452. The molecule has 0 amide bonds. The lowest BCUT2D eigenvalue weighted by Crippen LogP contribution is -2.05. The number of benzene rings is 1. The number of ether oxygens (including phenoxy) is 2. The first-order chi connectivity index (χ1) is 12.1. The average Bonchev–Trinajstić information content (AvgIpc) is 3.30. The Hall–Kier alpha value is -3.09. The van der Waals surface area contributed by atoms with Crippen LogP contribution in [0.5, 0.6) is 5.75 Å². The second-order valence-electron chi connectivity index (χ2n) is 6.04. The molecule has 3 aromatic rings. The van der Waals surface area contributed by atoms with Gasteiger partial charge >= 0.3 is 5.97 Å². The molecule has 0 fully saturated rings. The molecule has 0 N–H and O–H groups in total. The lowest BCUT2D eigenvalue weighted by Gasteiger charge is -2.03. The Morgan fingerprint density at radius 2 is 2.12 bits per heavy atom. The Balaban J connectivity index is 1.44. The molecule has 1 atom stereocenters. The molecule has 2 aromatic heterocycles. The van der Waals surface area contributed by atoms with Gasteiger partial charge in [-0.3, -0.25) is 0 Å². The molecule has 128 valence electrons. The number of esters is 1. The van der Waals surface area contributed by atoms with Gasteiger partial charge in [0.05, 0.1) is 0 Å². The molecule has 3 heterocycles. The predicted molar refractivity (Wildman–Crippen MR) is 86.1 cm³/mol. The number of rotatable bonds is 4. The molecule has 1 aliphatic heterocycles. The lowest BCUT2D eigenvalue weighted by atomic mass is 10.1. The van der Waals surface area contributed by atoms with Crippen molar-refractivity contribution in [1.82, 2.24) is 10.3 Å². The van der Waals surface area contributed by atoms with Crippen LogP contribution in [0.3, 0.4) is 0 Å². The molecule has 1 aromatic carbocycles. The highest BCUT2D eigenvalue weighted by atomic mass is 16.5. The molecule has 0 bridgehead atoms. The maximum atomic E-state index is 11.8. The third-order valence-corrected chi connectivity index (χ3v) is 3.93. The van der Waals surface area contributed by atoms with E-state index in [0.717, 1.165) is 17.7 Å². The van der Waals surface area contributed by atoms with Gasteiger partial charge < -0.3 is 18.5 Å². The molecular weight excluding hydrogens is 324 g/mol. The van der Waals surface area contributed by atoms with Crippen LogP contribution in [0.25, 0.3) is 11.3 Å². The monoisotopic (exact) mass is 340 g/mol. The van der Waals surface area contributed by atoms with Crippen molar-refractivity contribution < 1.29 is 23.3 Å². The van der Waals surface area contributed by atoms with Crippen LogP contribution in [0.2, 0.25) is 0 Å². The van der Waals surface area contributed by atoms with E-state index in [1.807, 2.05) is 25.1 Å². The fraction of sp³-hybridized carbons (Fsp3) is 0.278. The van der Waals surface area contributed by atoms with Gasteiger partial charge in [0, 0.05) is 24.1 Å². The normalized spacial score (nSPS) is 15.7. The van der Waals surface area contributed by atoms with Crippen LogP contribution in [-0.4, -0.2) is 22.4 Å². The average molecular weight is 340 g/mol. The Labute approximate surface area is 143 Å². The molecule has 0 aliphatic carbocycles. The zero-order valence-corrected chi connectivity index (χ0v) is 13.8. The Morgan fingerprint density at radius 3 is 2.92 bits per heavy atom. The van der Waals surface area contributed by atoms with Crippen LogP contribution < -0.4 is 4.74 Å². The molecule has 1 unspecified atom stereocenters. The molecular formula is C18H16N2O5. The van der Waals surface area contributed by atoms with Crippen LogP contribution in [-0.2, 0) is 17.8 Å². The van der Waals surface area contributed by atoms with E-state index < -0.39 is 5.97 Å². The van der Waals surface area contributed by atoms with E-state index in [4.69, 9.17) is 18.5 Å². The highest BCUT2D eigenvalue weighted by Gasteiger charge is 2.20. The summed E-state index contributed by atoms with van der Waals surface area (Å²) < 4.78 is 21.1. The Bertz CT molecular complexity index is 927. The number of aryl methyl sites for hydroxylation is 1. The maximum absolute atomic E-state index is 11.8. The van der Waals surface area contributed by atoms with Crippen molar-refractivity contribution in [1.29, 1.82) is 0 Å². The minimum absolute atomic E-state index is 0.00723. The first-order valence-corrected chi connectivity index (χ1v) is 7.94. The van der Waals surface area contributed by atoms with E-state index >= 15 is 0 Å². The van der Waals surface area contributed by atoms with Gasteiger partial charge in [0.1, 0.15) is 29.9 Å². The van der Waals surface area contributed by atoms with E-state index in [1.165, 1.54) is 11.6 Å². The van der Waals surface area contributed by atoms with Gasteiger partial charge in [-0.1, -0.05) is 22.4 Å². The third kappa shape index (κ3) is 3.13. The van der Waals surface area contributed by atoms with Crippen molar-refractivity contribution in [2.45, 2.75) is 33.0 Å². The smallest absolute Gasteiger partial charge is 0.360 e. The molecule has 0 radical (unpaired) electrons. The summed E-state index contributed by atoms with van der Waals surface area (Å²) in [6, 6.07) is 9.19. The minimum Gasteiger partial charge on any atom is -0.490 e. The topological polar surface area (TPSA) is 87.6 Å². The second kappa shape index (κ2) is 6.08. The number of hydrogen-bond acceptors (Lipinski definition) is 7. The van der Waals surface area contributed by atoms with Crippen LogP contribution in [0.15, 0.2) is 39.4 Å². The third-order valence-electron chi connectivity index (χ3n) is 3.93. The summed E-state index contributed by atoms with van der Waals surface area (Å²) in [4.78, 5) is 11.8. The summed E-state index contributed by atoms with van der Waals surface area (Å²) in [5, 5.41) is 7.55. The number of nitrogens with zero attached hydrogens (tertiary/aromatic N) is 2. The quantitative estimate of drug-likeness (QED) is 0.673. The minimum atomic E-state index is -0.568. The SMILES string of the molecule is Cc1cc(C(=O)OCc2cc(-c3ccc4c(c3)OC(C)C4)on2)no1. The van der Waals surface area contributed by atoms with Gasteiger partial charge in [-0.15, -0.1) is 0 Å². The maximum Gasteiger partial charge on any atom is 0.360 e. The molecule has 7 heteroatoms. The number of aromatic nitrogens is 2. The van der Waals surface area contributed by atoms with Gasteiger partial charge in [-0.2, -0.15) is 0 Å². The van der Waals surface area contributed by atoms with Gasteiger partial charge in [-0.05, 0) is 25.5 Å². The molecule has 0 saturated carbocycles. The van der Waals surface area contributed by atoms with Crippen molar-refractivity contribution in [2.75, 3.05) is 0 Å². The zero-order valence-electron chi connectivity index (χ0n) is 13.8. The van der Waals surface area contributed by atoms with Crippen LogP contribution >= 0.6 is 0 Å². The van der Waals surface area contributed by atoms with E-state index in [2.05, 4.69) is 10.3 Å². The zero-order chi connectivity index (χ0) is 17.4. The van der Waals surface area contributed by atoms with Crippen molar-refractivity contribution >= 4 is 5.97 Å². The summed E-state index contributed by atoms with van der Waals surface area (Å²) >= 11 is 0. The standard InChI is InChI=1S/C18H16N2O5/c1-10-5-12-3-4-13(7-16(12)23-10)17-8-14(19-25-17)9-22-18(21)15-6-11(2)24-20-15/h3-4,6-8,10H,5,9H2,1-2H3. The molecule has 7 nitrogen and oxygen atoms in total. The van der Waals surface area contributed by atoms with E-state index in [9.17, 15) is 4.79 Å². The fourth-order valence-electron chi connectivity index (χ4n) is 2.75. The van der Waals surface area contributed by atoms with Crippen molar-refractivity contribution in [3.8, 4) is 17.1 Å². The van der Waals surface area contributed by atoms with Crippen molar-refractivity contribution in [3.63, 3.8) is 0 Å². The highest BCUT2D eigenvalue weighted by Crippen LogP contribution is 2.33. The predicted octanol–water partition coefficient (Wildman–Crippen LogP) is 3.32. The van der Waals surface area contributed by atoms with E-state index in [0.29, 0.717) is 17.2 Å². The number of hydrogen-bond donors (Lipinski definition) is 0. The van der Waals surface area contributed by atoms with Gasteiger partial charge in [0.15, 0.2) is 11.5 Å². The van der Waals surface area contributed by atoms with Gasteiger partial charge in [0.25, 0.3) is 0 Å². The van der Waals surface area contributed by atoms with Gasteiger partial charge in [0.2, 0.25) is 0 Å². The van der Waals surface area contributed by atoms with E-state index in [-0.39, 0.29) is 18.4 Å². The number of carbonyl (C=O) groups excluding carboxylic acids is 1. The highest BCUT2D eigenvalue weighted by molar-refractivity contribution is 5.87. The van der Waals surface area contributed by atoms with Crippen molar-refractivity contribution in [3.05, 3.63) is 53.0 Å². The van der Waals surface area contributed by atoms with Crippen LogP contribution in [0, 0.1) is 6.92 Å².